The second-order valence-electron chi connectivity index (χ2n) is 3.95. The Bertz CT molecular complexity index is 538. The zero-order chi connectivity index (χ0) is 15.2. The fraction of sp³-hybridized carbons (Fsp3) is 0.600. The van der Waals surface area contributed by atoms with Gasteiger partial charge in [-0.1, -0.05) is 30.8 Å². The molecule has 1 aromatic rings. The Labute approximate surface area is 126 Å². The highest BCUT2D eigenvalue weighted by molar-refractivity contribution is 8.14. The van der Waals surface area contributed by atoms with Gasteiger partial charge in [-0.15, -0.1) is 0 Å². The molecule has 0 amide bonds. The third-order valence-electron chi connectivity index (χ3n) is 2.75. The van der Waals surface area contributed by atoms with E-state index >= 15 is 0 Å². The monoisotopic (exact) mass is 336 g/mol. The molecule has 0 radical (unpaired) electrons. The van der Waals surface area contributed by atoms with Crippen molar-refractivity contribution in [3.8, 4) is 0 Å². The van der Waals surface area contributed by atoms with E-state index < -0.39 is 12.0 Å². The fourth-order valence-electron chi connectivity index (χ4n) is 1.36. The number of nitrogens with two attached hydrogens (primary N) is 1. The minimum atomic E-state index is -1.39. The molecule has 1 rings (SSSR count). The summed E-state index contributed by atoms with van der Waals surface area (Å²) in [6.45, 7) is 4.44. The molecule has 0 aliphatic rings. The molecule has 0 fully saturated rings. The number of carboxylic acids is 1. The summed E-state index contributed by atoms with van der Waals surface area (Å²) in [6, 6.07) is -1.39. The first-order valence-corrected chi connectivity index (χ1v) is 10.1. The van der Waals surface area contributed by atoms with E-state index in [2.05, 4.69) is 28.4 Å². The van der Waals surface area contributed by atoms with Crippen molar-refractivity contribution >= 4 is 46.2 Å². The number of carbonyl (C=O) groups is 1. The molecule has 0 aliphatic carbocycles. The number of hydrogen-bond acceptors (Lipinski definition) is 8. The maximum absolute atomic E-state index is 11.1. The number of nitrogens with zero attached hydrogens (tertiary/aromatic N) is 3. The van der Waals surface area contributed by atoms with E-state index in [1.165, 1.54) is 0 Å². The van der Waals surface area contributed by atoms with Crippen LogP contribution in [0, 0.1) is 0 Å². The van der Waals surface area contributed by atoms with Gasteiger partial charge in [-0.3, -0.25) is 0 Å². The molecule has 0 saturated carbocycles. The number of rotatable bonds is 8. The minimum Gasteiger partial charge on any atom is -0.476 e. The number of anilines is 1. The molecule has 1 heterocycles. The van der Waals surface area contributed by atoms with Gasteiger partial charge in [0, 0.05) is 17.7 Å². The summed E-state index contributed by atoms with van der Waals surface area (Å²) >= 11 is 6.47. The molecular formula is C10H17N4O3PS2. The van der Waals surface area contributed by atoms with Gasteiger partial charge in [0.1, 0.15) is 6.61 Å². The van der Waals surface area contributed by atoms with Crippen LogP contribution in [0.1, 0.15) is 19.7 Å². The van der Waals surface area contributed by atoms with E-state index in [9.17, 15) is 4.79 Å². The van der Waals surface area contributed by atoms with Crippen molar-refractivity contribution in [1.29, 1.82) is 0 Å². The van der Waals surface area contributed by atoms with Gasteiger partial charge in [0.25, 0.3) is 0 Å². The lowest BCUT2D eigenvalue weighted by atomic mass is 10.4. The van der Waals surface area contributed by atoms with E-state index in [0.29, 0.717) is 6.61 Å². The van der Waals surface area contributed by atoms with Crippen LogP contribution in [0.5, 0.6) is 0 Å². The number of oxime groups is 1. The Balaban J connectivity index is 2.66. The lowest BCUT2D eigenvalue weighted by Crippen LogP contribution is -2.17. The molecule has 20 heavy (non-hydrogen) atoms. The van der Waals surface area contributed by atoms with Crippen LogP contribution in [0.2, 0.25) is 0 Å². The predicted molar refractivity (Wildman–Crippen MR) is 84.7 cm³/mol. The standard InChI is InChI=1S/C10H17N4O3PS2/c1-3-18(19,4-2)6-5-17-13-7(9(15)16)8-12-10(11)20-14-8/h3-6H2,1-2H3,(H,15,16)(H2,11,12,14)/b13-7-. The number of hydrogen-bond donors (Lipinski definition) is 2. The molecule has 7 nitrogen and oxygen atoms in total. The highest BCUT2D eigenvalue weighted by Gasteiger charge is 2.19. The summed E-state index contributed by atoms with van der Waals surface area (Å²) in [6.07, 6.45) is 2.65. The smallest absolute Gasteiger partial charge is 0.362 e. The zero-order valence-electron chi connectivity index (χ0n) is 11.3. The Kier molecular flexibility index (Phi) is 6.51. The summed E-state index contributed by atoms with van der Waals surface area (Å²) in [5, 5.41) is 12.8. The molecule has 3 N–H and O–H groups in total. The van der Waals surface area contributed by atoms with Crippen LogP contribution in [0.3, 0.4) is 0 Å². The lowest BCUT2D eigenvalue weighted by molar-refractivity contribution is -0.129. The second kappa shape index (κ2) is 7.66. The number of aromatic nitrogens is 2. The van der Waals surface area contributed by atoms with Crippen LogP contribution < -0.4 is 5.73 Å². The minimum absolute atomic E-state index is 0.0367. The van der Waals surface area contributed by atoms with Crippen LogP contribution in [0.15, 0.2) is 5.16 Å². The average molecular weight is 336 g/mol. The molecule has 0 aromatic carbocycles. The van der Waals surface area contributed by atoms with E-state index in [0.717, 1.165) is 30.0 Å². The maximum atomic E-state index is 11.1. The zero-order valence-corrected chi connectivity index (χ0v) is 13.8. The molecule has 10 heteroatoms. The van der Waals surface area contributed by atoms with Crippen LogP contribution >= 0.6 is 17.6 Å². The largest absolute Gasteiger partial charge is 0.476 e. The lowest BCUT2D eigenvalue weighted by Gasteiger charge is -2.16. The summed E-state index contributed by atoms with van der Waals surface area (Å²) in [7, 11) is 0. The van der Waals surface area contributed by atoms with E-state index in [1.807, 2.05) is 0 Å². The van der Waals surface area contributed by atoms with Gasteiger partial charge < -0.3 is 15.7 Å². The van der Waals surface area contributed by atoms with Gasteiger partial charge >= 0.3 is 5.97 Å². The molecule has 112 valence electrons. The van der Waals surface area contributed by atoms with Crippen LogP contribution in [0.4, 0.5) is 5.13 Å². The van der Waals surface area contributed by atoms with Gasteiger partial charge in [0.05, 0.1) is 0 Å². The number of aliphatic carboxylic acids is 1. The van der Waals surface area contributed by atoms with Gasteiger partial charge in [0.15, 0.2) is 5.13 Å². The topological polar surface area (TPSA) is 111 Å². The van der Waals surface area contributed by atoms with Crippen molar-refractivity contribution < 1.29 is 14.7 Å². The van der Waals surface area contributed by atoms with Crippen LogP contribution in [0.25, 0.3) is 0 Å². The van der Waals surface area contributed by atoms with Gasteiger partial charge in [-0.05, 0) is 18.4 Å². The highest BCUT2D eigenvalue weighted by Crippen LogP contribution is 2.44. The average Bonchev–Trinajstić information content (AvgIpc) is 2.84. The van der Waals surface area contributed by atoms with Crippen molar-refractivity contribution in [2.45, 2.75) is 13.8 Å². The molecule has 0 unspecified atom stereocenters. The Morgan fingerprint density at radius 2 is 2.20 bits per heavy atom. The first-order valence-electron chi connectivity index (χ1n) is 6.01. The quantitative estimate of drug-likeness (QED) is 0.320. The first kappa shape index (κ1) is 17.0. The summed E-state index contributed by atoms with van der Waals surface area (Å²) in [4.78, 5) is 19.9. The van der Waals surface area contributed by atoms with Crippen molar-refractivity contribution in [1.82, 2.24) is 9.36 Å². The predicted octanol–water partition coefficient (Wildman–Crippen LogP) is 1.44. The van der Waals surface area contributed by atoms with Crippen LogP contribution in [-0.2, 0) is 21.4 Å². The fourth-order valence-corrected chi connectivity index (χ4v) is 3.52. The van der Waals surface area contributed by atoms with Gasteiger partial charge in [0.2, 0.25) is 11.5 Å². The normalized spacial score (nSPS) is 12.4. The molecule has 1 aromatic heterocycles. The summed E-state index contributed by atoms with van der Waals surface area (Å²) in [5.74, 6) is -1.29. The SMILES string of the molecule is CCP(=S)(CC)CCO/N=C(\C(=O)O)c1nsc(N)n1. The third-order valence-corrected chi connectivity index (χ3v) is 8.70. The second-order valence-corrected chi connectivity index (χ2v) is 10.9. The van der Waals surface area contributed by atoms with E-state index in [-0.39, 0.29) is 16.7 Å². The van der Waals surface area contributed by atoms with Gasteiger partial charge in [-0.25, -0.2) is 4.79 Å². The van der Waals surface area contributed by atoms with E-state index in [4.69, 9.17) is 27.5 Å². The van der Waals surface area contributed by atoms with Crippen molar-refractivity contribution in [3.63, 3.8) is 0 Å². The number of carboxylic acid groups (broad SMARTS) is 1. The molecular weight excluding hydrogens is 319 g/mol. The van der Waals surface area contributed by atoms with Crippen molar-refractivity contribution in [3.05, 3.63) is 5.82 Å². The first-order chi connectivity index (χ1) is 9.41. The van der Waals surface area contributed by atoms with Gasteiger partial charge in [-0.2, -0.15) is 9.36 Å². The van der Waals surface area contributed by atoms with Crippen molar-refractivity contribution in [2.24, 2.45) is 5.16 Å². The Morgan fingerprint density at radius 1 is 1.55 bits per heavy atom. The third kappa shape index (κ3) is 4.81. The molecule has 0 aliphatic heterocycles. The Morgan fingerprint density at radius 3 is 2.65 bits per heavy atom. The molecule has 0 saturated heterocycles. The van der Waals surface area contributed by atoms with Crippen molar-refractivity contribution in [2.75, 3.05) is 30.8 Å². The molecule has 0 spiro atoms. The molecule has 0 bridgehead atoms. The summed E-state index contributed by atoms with van der Waals surface area (Å²) < 4.78 is 3.80. The molecule has 0 atom stereocenters. The number of nitrogen functional groups attached to an aromatic ring is 1. The Hall–Kier alpha value is -1.05. The maximum Gasteiger partial charge on any atom is 0.362 e. The van der Waals surface area contributed by atoms with Crippen LogP contribution in [-0.4, -0.2) is 51.2 Å². The summed E-state index contributed by atoms with van der Waals surface area (Å²) in [5.41, 5.74) is 5.06. The van der Waals surface area contributed by atoms with E-state index in [1.54, 1.807) is 0 Å². The highest BCUT2D eigenvalue weighted by atomic mass is 32.4.